The van der Waals surface area contributed by atoms with Gasteiger partial charge in [-0.2, -0.15) is 0 Å². The molecule has 1 aromatic carbocycles. The van der Waals surface area contributed by atoms with Crippen molar-refractivity contribution in [1.29, 1.82) is 0 Å². The van der Waals surface area contributed by atoms with E-state index in [0.717, 1.165) is 47.8 Å². The average molecular weight is 328 g/mol. The summed E-state index contributed by atoms with van der Waals surface area (Å²) >= 11 is 4.80. The van der Waals surface area contributed by atoms with Crippen LogP contribution >= 0.6 is 27.3 Å². The Morgan fingerprint density at radius 2 is 2.17 bits per heavy atom. The zero-order chi connectivity index (χ0) is 13.0. The number of hydrogen-bond donors (Lipinski definition) is 0. The van der Waals surface area contributed by atoms with Gasteiger partial charge in [0, 0.05) is 11.9 Å². The summed E-state index contributed by atoms with van der Waals surface area (Å²) in [5.74, 6) is 0. The van der Waals surface area contributed by atoms with Gasteiger partial charge >= 0.3 is 4.87 Å². The number of halogens is 1. The highest BCUT2D eigenvalue weighted by Crippen LogP contribution is 2.20. The summed E-state index contributed by atoms with van der Waals surface area (Å²) in [6.07, 6.45) is 4.39. The van der Waals surface area contributed by atoms with Gasteiger partial charge in [0.2, 0.25) is 0 Å². The number of aryl methyl sites for hydroxylation is 2. The molecule has 0 amide bonds. The molecule has 0 saturated carbocycles. The molecule has 0 fully saturated rings. The number of nitrogens with zero attached hydrogens (tertiary/aromatic N) is 1. The summed E-state index contributed by atoms with van der Waals surface area (Å²) in [7, 11) is 0. The first-order valence-corrected chi connectivity index (χ1v) is 8.38. The van der Waals surface area contributed by atoms with Crippen LogP contribution in [0.3, 0.4) is 0 Å². The molecule has 4 heteroatoms. The lowest BCUT2D eigenvalue weighted by atomic mass is 10.1. The van der Waals surface area contributed by atoms with Gasteiger partial charge in [-0.1, -0.05) is 46.7 Å². The van der Waals surface area contributed by atoms with Crippen LogP contribution in [0.4, 0.5) is 0 Å². The monoisotopic (exact) mass is 327 g/mol. The van der Waals surface area contributed by atoms with E-state index < -0.39 is 0 Å². The van der Waals surface area contributed by atoms with E-state index in [4.69, 9.17) is 0 Å². The molecule has 0 aliphatic heterocycles. The summed E-state index contributed by atoms with van der Waals surface area (Å²) in [5, 5.41) is 1.00. The second-order valence-electron chi connectivity index (χ2n) is 4.47. The number of thiazole rings is 1. The number of benzene rings is 1. The molecule has 0 aliphatic carbocycles. The van der Waals surface area contributed by atoms with Crippen LogP contribution in [0, 0.1) is 0 Å². The molecule has 0 spiro atoms. The van der Waals surface area contributed by atoms with Crippen molar-refractivity contribution >= 4 is 37.5 Å². The predicted octanol–water partition coefficient (Wildman–Crippen LogP) is 4.19. The van der Waals surface area contributed by atoms with Gasteiger partial charge in [-0.05, 0) is 37.0 Å². The number of rotatable bonds is 6. The van der Waals surface area contributed by atoms with E-state index in [2.05, 4.69) is 41.1 Å². The minimum Gasteiger partial charge on any atom is -0.299 e. The molecular formula is C14H18BrNOS. The highest BCUT2D eigenvalue weighted by Gasteiger charge is 2.07. The van der Waals surface area contributed by atoms with Crippen molar-refractivity contribution in [2.75, 3.05) is 5.33 Å². The highest BCUT2D eigenvalue weighted by molar-refractivity contribution is 9.09. The molecular weight excluding hydrogens is 310 g/mol. The van der Waals surface area contributed by atoms with Crippen molar-refractivity contribution in [1.82, 2.24) is 4.57 Å². The Morgan fingerprint density at radius 1 is 1.33 bits per heavy atom. The third-order valence-corrected chi connectivity index (χ3v) is 4.54. The number of fused-ring (bicyclic) bond motifs is 1. The minimum absolute atomic E-state index is 0.174. The zero-order valence-corrected chi connectivity index (χ0v) is 13.0. The van der Waals surface area contributed by atoms with Crippen LogP contribution in [0.25, 0.3) is 10.2 Å². The largest absolute Gasteiger partial charge is 0.308 e. The van der Waals surface area contributed by atoms with Crippen LogP contribution < -0.4 is 4.87 Å². The first kappa shape index (κ1) is 13.8. The lowest BCUT2D eigenvalue weighted by Crippen LogP contribution is -2.12. The van der Waals surface area contributed by atoms with Gasteiger partial charge in [0.05, 0.1) is 10.2 Å². The Morgan fingerprint density at radius 3 is 2.89 bits per heavy atom. The van der Waals surface area contributed by atoms with Crippen molar-refractivity contribution in [3.63, 3.8) is 0 Å². The quantitative estimate of drug-likeness (QED) is 0.576. The van der Waals surface area contributed by atoms with Crippen LogP contribution in [0.15, 0.2) is 23.0 Å². The SMILES string of the molecule is CCCc1ccc2c(c1)sc(=O)n2CCCCBr. The molecule has 1 heterocycles. The van der Waals surface area contributed by atoms with Crippen molar-refractivity contribution < 1.29 is 0 Å². The number of hydrogen-bond acceptors (Lipinski definition) is 2. The molecule has 0 unspecified atom stereocenters. The third kappa shape index (κ3) is 3.04. The van der Waals surface area contributed by atoms with Gasteiger partial charge in [0.15, 0.2) is 0 Å². The summed E-state index contributed by atoms with van der Waals surface area (Å²) in [6, 6.07) is 6.43. The van der Waals surface area contributed by atoms with Gasteiger partial charge in [-0.3, -0.25) is 9.36 Å². The highest BCUT2D eigenvalue weighted by atomic mass is 79.9. The van der Waals surface area contributed by atoms with Gasteiger partial charge < -0.3 is 0 Å². The Hall–Kier alpha value is -0.610. The van der Waals surface area contributed by atoms with E-state index >= 15 is 0 Å². The fourth-order valence-corrected chi connectivity index (χ4v) is 3.51. The molecule has 0 bridgehead atoms. The smallest absolute Gasteiger partial charge is 0.299 e. The molecule has 0 saturated heterocycles. The zero-order valence-electron chi connectivity index (χ0n) is 10.6. The minimum atomic E-state index is 0.174. The molecule has 18 heavy (non-hydrogen) atoms. The fraction of sp³-hybridized carbons (Fsp3) is 0.500. The standard InChI is InChI=1S/C14H18BrNOS/c1-2-5-11-6-7-12-13(10-11)18-14(17)16(12)9-4-3-8-15/h6-7,10H,2-5,8-9H2,1H3. The van der Waals surface area contributed by atoms with Crippen molar-refractivity contribution in [3.05, 3.63) is 33.4 Å². The predicted molar refractivity (Wildman–Crippen MR) is 83.1 cm³/mol. The third-order valence-electron chi connectivity index (χ3n) is 3.04. The van der Waals surface area contributed by atoms with E-state index in [1.54, 1.807) is 0 Å². The van der Waals surface area contributed by atoms with E-state index in [1.165, 1.54) is 16.9 Å². The van der Waals surface area contributed by atoms with Crippen LogP contribution in [-0.4, -0.2) is 9.90 Å². The number of unbranched alkanes of at least 4 members (excludes halogenated alkanes) is 1. The molecule has 0 atom stereocenters. The number of alkyl halides is 1. The summed E-state index contributed by atoms with van der Waals surface area (Å²) < 4.78 is 3.04. The molecule has 0 N–H and O–H groups in total. The Bertz CT molecular complexity index is 573. The van der Waals surface area contributed by atoms with Crippen molar-refractivity contribution in [2.45, 2.75) is 39.2 Å². The lowest BCUT2D eigenvalue weighted by molar-refractivity contribution is 0.645. The fourth-order valence-electron chi connectivity index (χ4n) is 2.13. The second-order valence-corrected chi connectivity index (χ2v) is 6.25. The van der Waals surface area contributed by atoms with Crippen LogP contribution in [-0.2, 0) is 13.0 Å². The van der Waals surface area contributed by atoms with Crippen LogP contribution in [0.5, 0.6) is 0 Å². The van der Waals surface area contributed by atoms with Gasteiger partial charge in [0.25, 0.3) is 0 Å². The topological polar surface area (TPSA) is 22.0 Å². The van der Waals surface area contributed by atoms with Crippen molar-refractivity contribution in [2.24, 2.45) is 0 Å². The van der Waals surface area contributed by atoms with E-state index in [9.17, 15) is 4.79 Å². The maximum atomic E-state index is 12.0. The summed E-state index contributed by atoms with van der Waals surface area (Å²) in [4.78, 5) is 12.1. The molecule has 0 radical (unpaired) electrons. The molecule has 1 aromatic heterocycles. The van der Waals surface area contributed by atoms with Crippen LogP contribution in [0.2, 0.25) is 0 Å². The molecule has 0 aliphatic rings. The first-order valence-electron chi connectivity index (χ1n) is 6.44. The van der Waals surface area contributed by atoms with E-state index in [0.29, 0.717) is 0 Å². The molecule has 2 aromatic rings. The molecule has 2 nitrogen and oxygen atoms in total. The number of aromatic nitrogens is 1. The van der Waals surface area contributed by atoms with Gasteiger partial charge in [-0.15, -0.1) is 0 Å². The van der Waals surface area contributed by atoms with E-state index in [1.807, 2.05) is 4.57 Å². The second kappa shape index (κ2) is 6.53. The van der Waals surface area contributed by atoms with Gasteiger partial charge in [0.1, 0.15) is 0 Å². The Balaban J connectivity index is 2.30. The Labute approximate surface area is 120 Å². The summed E-state index contributed by atoms with van der Waals surface area (Å²) in [5.41, 5.74) is 2.43. The van der Waals surface area contributed by atoms with Crippen molar-refractivity contribution in [3.8, 4) is 0 Å². The maximum absolute atomic E-state index is 12.0. The normalized spacial score (nSPS) is 11.2. The Kier molecular flexibility index (Phi) is 5.01. The molecule has 98 valence electrons. The van der Waals surface area contributed by atoms with Gasteiger partial charge in [-0.25, -0.2) is 0 Å². The lowest BCUT2D eigenvalue weighted by Gasteiger charge is -2.03. The maximum Gasteiger partial charge on any atom is 0.308 e. The summed E-state index contributed by atoms with van der Waals surface area (Å²) in [6.45, 7) is 3.01. The van der Waals surface area contributed by atoms with Crippen LogP contribution in [0.1, 0.15) is 31.7 Å². The van der Waals surface area contributed by atoms with E-state index in [-0.39, 0.29) is 4.87 Å². The average Bonchev–Trinajstić information content (AvgIpc) is 2.66. The molecule has 2 rings (SSSR count). The first-order chi connectivity index (χ1) is 8.76.